The Hall–Kier alpha value is -0.0400. The summed E-state index contributed by atoms with van der Waals surface area (Å²) in [6.07, 6.45) is 4.46. The van der Waals surface area contributed by atoms with Crippen molar-refractivity contribution in [1.29, 1.82) is 0 Å². The van der Waals surface area contributed by atoms with Crippen molar-refractivity contribution in [3.8, 4) is 0 Å². The Labute approximate surface area is 56.8 Å². The summed E-state index contributed by atoms with van der Waals surface area (Å²) in [7, 11) is 0. The van der Waals surface area contributed by atoms with E-state index in [4.69, 9.17) is 0 Å². The van der Waals surface area contributed by atoms with E-state index < -0.39 is 0 Å². The van der Waals surface area contributed by atoms with Crippen LogP contribution >= 0.6 is 0 Å². The summed E-state index contributed by atoms with van der Waals surface area (Å²) in [6.45, 7) is 3.60. The fourth-order valence-corrected chi connectivity index (χ4v) is 2.05. The van der Waals surface area contributed by atoms with E-state index in [9.17, 15) is 0 Å². The van der Waals surface area contributed by atoms with Crippen LogP contribution in [-0.4, -0.2) is 12.6 Å². The van der Waals surface area contributed by atoms with Gasteiger partial charge >= 0.3 is 0 Å². The predicted molar refractivity (Wildman–Crippen MR) is 38.3 cm³/mol. The van der Waals surface area contributed by atoms with E-state index in [0.29, 0.717) is 0 Å². The summed E-state index contributed by atoms with van der Waals surface area (Å²) in [5.41, 5.74) is 0. The van der Waals surface area contributed by atoms with Crippen LogP contribution in [0.4, 0.5) is 0 Å². The molecule has 1 N–H and O–H groups in total. The standard InChI is InChI=1S/C8H15N/c1-6-8(4-5-9-6)7-2-3-7/h6-9H,2-5H2,1H3/t6-,8+/m0/s1. The van der Waals surface area contributed by atoms with E-state index in [1.165, 1.54) is 25.8 Å². The van der Waals surface area contributed by atoms with Crippen molar-refractivity contribution >= 4 is 0 Å². The molecule has 2 rings (SSSR count). The minimum absolute atomic E-state index is 0.817. The zero-order valence-corrected chi connectivity index (χ0v) is 6.06. The molecular formula is C8H15N. The van der Waals surface area contributed by atoms with Crippen molar-refractivity contribution in [3.05, 3.63) is 0 Å². The van der Waals surface area contributed by atoms with E-state index in [0.717, 1.165) is 17.9 Å². The molecule has 1 heterocycles. The molecule has 1 saturated heterocycles. The number of nitrogens with one attached hydrogen (secondary N) is 1. The fourth-order valence-electron chi connectivity index (χ4n) is 2.05. The Kier molecular flexibility index (Phi) is 1.26. The lowest BCUT2D eigenvalue weighted by Gasteiger charge is -2.12. The summed E-state index contributed by atoms with van der Waals surface area (Å²) < 4.78 is 0. The Bertz CT molecular complexity index is 107. The summed E-state index contributed by atoms with van der Waals surface area (Å²) in [5.74, 6) is 2.14. The van der Waals surface area contributed by atoms with E-state index in [1.54, 1.807) is 0 Å². The maximum Gasteiger partial charge on any atom is 0.00701 e. The first-order valence-electron chi connectivity index (χ1n) is 4.11. The molecule has 1 aliphatic heterocycles. The van der Waals surface area contributed by atoms with Gasteiger partial charge in [0.15, 0.2) is 0 Å². The van der Waals surface area contributed by atoms with Crippen LogP contribution in [-0.2, 0) is 0 Å². The third-order valence-electron chi connectivity index (χ3n) is 2.81. The van der Waals surface area contributed by atoms with Crippen molar-refractivity contribution in [2.75, 3.05) is 6.54 Å². The van der Waals surface area contributed by atoms with Gasteiger partial charge in [-0.05, 0) is 44.6 Å². The SMILES string of the molecule is C[C@@H]1NCC[C@H]1C1CC1. The minimum Gasteiger partial charge on any atom is -0.314 e. The Morgan fingerprint density at radius 3 is 2.44 bits per heavy atom. The average Bonchev–Trinajstić information content (AvgIpc) is 2.58. The maximum absolute atomic E-state index is 3.49. The van der Waals surface area contributed by atoms with E-state index in [1.807, 2.05) is 0 Å². The molecule has 2 aliphatic rings. The lowest BCUT2D eigenvalue weighted by atomic mass is 9.97. The monoisotopic (exact) mass is 125 g/mol. The molecule has 0 amide bonds. The lowest BCUT2D eigenvalue weighted by Crippen LogP contribution is -2.23. The summed E-state index contributed by atoms with van der Waals surface area (Å²) >= 11 is 0. The van der Waals surface area contributed by atoms with E-state index in [2.05, 4.69) is 12.2 Å². The molecule has 2 fully saturated rings. The predicted octanol–water partition coefficient (Wildman–Crippen LogP) is 1.39. The van der Waals surface area contributed by atoms with Crippen molar-refractivity contribution in [3.63, 3.8) is 0 Å². The van der Waals surface area contributed by atoms with Crippen LogP contribution in [0.25, 0.3) is 0 Å². The third-order valence-corrected chi connectivity index (χ3v) is 2.81. The molecule has 0 spiro atoms. The third kappa shape index (κ3) is 0.983. The molecule has 1 nitrogen and oxygen atoms in total. The molecule has 0 aromatic rings. The first-order chi connectivity index (χ1) is 4.38. The lowest BCUT2D eigenvalue weighted by molar-refractivity contribution is 0.423. The van der Waals surface area contributed by atoms with Crippen LogP contribution < -0.4 is 5.32 Å². The fraction of sp³-hybridized carbons (Fsp3) is 1.00. The highest BCUT2D eigenvalue weighted by Gasteiger charge is 2.36. The second kappa shape index (κ2) is 1.98. The van der Waals surface area contributed by atoms with Gasteiger partial charge in [0.1, 0.15) is 0 Å². The van der Waals surface area contributed by atoms with Gasteiger partial charge in [0.2, 0.25) is 0 Å². The molecule has 0 unspecified atom stereocenters. The van der Waals surface area contributed by atoms with Gasteiger partial charge in [-0.25, -0.2) is 0 Å². The molecule has 9 heavy (non-hydrogen) atoms. The van der Waals surface area contributed by atoms with Gasteiger partial charge in [0.05, 0.1) is 0 Å². The molecule has 2 atom stereocenters. The highest BCUT2D eigenvalue weighted by molar-refractivity contribution is 4.91. The Morgan fingerprint density at radius 2 is 2.00 bits per heavy atom. The van der Waals surface area contributed by atoms with Gasteiger partial charge in [-0.3, -0.25) is 0 Å². The normalized spacial score (nSPS) is 43.7. The Balaban J connectivity index is 1.93. The molecule has 1 aliphatic carbocycles. The van der Waals surface area contributed by atoms with Crippen LogP contribution in [0.15, 0.2) is 0 Å². The quantitative estimate of drug-likeness (QED) is 0.558. The average molecular weight is 125 g/mol. The zero-order chi connectivity index (χ0) is 6.27. The minimum atomic E-state index is 0.817. The molecule has 1 saturated carbocycles. The van der Waals surface area contributed by atoms with Gasteiger partial charge in [-0.2, -0.15) is 0 Å². The van der Waals surface area contributed by atoms with Crippen LogP contribution in [0, 0.1) is 11.8 Å². The molecule has 1 heteroatoms. The van der Waals surface area contributed by atoms with Gasteiger partial charge in [0.25, 0.3) is 0 Å². The van der Waals surface area contributed by atoms with Gasteiger partial charge in [0, 0.05) is 6.04 Å². The first kappa shape index (κ1) is 5.72. The smallest absolute Gasteiger partial charge is 0.00701 e. The van der Waals surface area contributed by atoms with Gasteiger partial charge in [-0.1, -0.05) is 0 Å². The molecule has 0 aromatic carbocycles. The van der Waals surface area contributed by atoms with E-state index >= 15 is 0 Å². The van der Waals surface area contributed by atoms with Gasteiger partial charge < -0.3 is 5.32 Å². The molecule has 0 aromatic heterocycles. The largest absolute Gasteiger partial charge is 0.314 e. The topological polar surface area (TPSA) is 12.0 Å². The molecule has 0 bridgehead atoms. The second-order valence-electron chi connectivity index (χ2n) is 3.53. The molecule has 52 valence electrons. The van der Waals surface area contributed by atoms with Crippen molar-refractivity contribution in [1.82, 2.24) is 5.32 Å². The van der Waals surface area contributed by atoms with Crippen molar-refractivity contribution in [2.45, 2.75) is 32.2 Å². The molecule has 0 radical (unpaired) electrons. The summed E-state index contributed by atoms with van der Waals surface area (Å²) in [6, 6.07) is 0.817. The zero-order valence-electron chi connectivity index (χ0n) is 6.06. The first-order valence-corrected chi connectivity index (χ1v) is 4.11. The summed E-state index contributed by atoms with van der Waals surface area (Å²) in [5, 5.41) is 3.49. The van der Waals surface area contributed by atoms with Crippen LogP contribution in [0.3, 0.4) is 0 Å². The number of hydrogen-bond acceptors (Lipinski definition) is 1. The highest BCUT2D eigenvalue weighted by Crippen LogP contribution is 2.41. The van der Waals surface area contributed by atoms with Crippen LogP contribution in [0.2, 0.25) is 0 Å². The van der Waals surface area contributed by atoms with Crippen molar-refractivity contribution < 1.29 is 0 Å². The number of rotatable bonds is 1. The van der Waals surface area contributed by atoms with Crippen LogP contribution in [0.1, 0.15) is 26.2 Å². The van der Waals surface area contributed by atoms with Crippen LogP contribution in [0.5, 0.6) is 0 Å². The number of hydrogen-bond donors (Lipinski definition) is 1. The Morgan fingerprint density at radius 1 is 1.22 bits per heavy atom. The molecular weight excluding hydrogens is 110 g/mol. The van der Waals surface area contributed by atoms with E-state index in [-0.39, 0.29) is 0 Å². The summed E-state index contributed by atoms with van der Waals surface area (Å²) in [4.78, 5) is 0. The highest BCUT2D eigenvalue weighted by atomic mass is 14.9. The second-order valence-corrected chi connectivity index (χ2v) is 3.53. The van der Waals surface area contributed by atoms with Gasteiger partial charge in [-0.15, -0.1) is 0 Å². The maximum atomic E-state index is 3.49. The van der Waals surface area contributed by atoms with Crippen molar-refractivity contribution in [2.24, 2.45) is 11.8 Å².